The number of hydrogen-bond donors (Lipinski definition) is 2. The third-order valence-electron chi connectivity index (χ3n) is 2.66. The highest BCUT2D eigenvalue weighted by molar-refractivity contribution is 14.0. The smallest absolute Gasteiger partial charge is 0.231 e. The summed E-state index contributed by atoms with van der Waals surface area (Å²) in [4.78, 5) is 4.40. The van der Waals surface area contributed by atoms with Gasteiger partial charge in [-0.2, -0.15) is 0 Å². The second-order valence-electron chi connectivity index (χ2n) is 4.15. The first-order valence-corrected chi connectivity index (χ1v) is 6.88. The molecule has 0 unspecified atom stereocenters. The number of benzene rings is 1. The Hall–Kier alpha value is -1.38. The third-order valence-corrected chi connectivity index (χ3v) is 2.66. The Morgan fingerprint density at radius 2 is 1.90 bits per heavy atom. The van der Waals surface area contributed by atoms with E-state index in [1.165, 1.54) is 0 Å². The number of rotatable bonds is 6. The number of nitrogens with one attached hydrogen (secondary N) is 2. The summed E-state index contributed by atoms with van der Waals surface area (Å²) in [7, 11) is 0. The first-order valence-electron chi connectivity index (χ1n) is 6.88. The number of hydrogen-bond acceptors (Lipinski definition) is 4. The SMILES string of the molecule is CCNC(=NCCOc1ccc2c(c1)OCO2)NCC.I. The van der Waals surface area contributed by atoms with Crippen LogP contribution >= 0.6 is 24.0 Å². The van der Waals surface area contributed by atoms with E-state index in [0.29, 0.717) is 13.2 Å². The lowest BCUT2D eigenvalue weighted by molar-refractivity contribution is 0.174. The van der Waals surface area contributed by atoms with Gasteiger partial charge in [-0.05, 0) is 26.0 Å². The molecule has 0 fully saturated rings. The average Bonchev–Trinajstić information content (AvgIpc) is 2.91. The van der Waals surface area contributed by atoms with Crippen molar-refractivity contribution in [2.45, 2.75) is 13.8 Å². The lowest BCUT2D eigenvalue weighted by Crippen LogP contribution is -2.37. The van der Waals surface area contributed by atoms with E-state index in [-0.39, 0.29) is 30.8 Å². The second kappa shape index (κ2) is 9.54. The predicted molar refractivity (Wildman–Crippen MR) is 93.1 cm³/mol. The summed E-state index contributed by atoms with van der Waals surface area (Å²) in [5.41, 5.74) is 0. The van der Waals surface area contributed by atoms with E-state index < -0.39 is 0 Å². The van der Waals surface area contributed by atoms with Gasteiger partial charge >= 0.3 is 0 Å². The van der Waals surface area contributed by atoms with Crippen LogP contribution < -0.4 is 24.8 Å². The van der Waals surface area contributed by atoms with Gasteiger partial charge < -0.3 is 24.8 Å². The van der Waals surface area contributed by atoms with Crippen LogP contribution in [0.4, 0.5) is 0 Å². The third kappa shape index (κ3) is 5.49. The van der Waals surface area contributed by atoms with Crippen molar-refractivity contribution in [3.05, 3.63) is 18.2 Å². The first kappa shape index (κ1) is 17.7. The van der Waals surface area contributed by atoms with E-state index in [4.69, 9.17) is 14.2 Å². The van der Waals surface area contributed by atoms with E-state index >= 15 is 0 Å². The van der Waals surface area contributed by atoms with Crippen molar-refractivity contribution in [2.24, 2.45) is 4.99 Å². The van der Waals surface area contributed by atoms with Crippen molar-refractivity contribution in [1.29, 1.82) is 0 Å². The molecular formula is C14H22IN3O3. The molecule has 1 aliphatic heterocycles. The molecule has 6 nitrogen and oxygen atoms in total. The monoisotopic (exact) mass is 407 g/mol. The largest absolute Gasteiger partial charge is 0.492 e. The predicted octanol–water partition coefficient (Wildman–Crippen LogP) is 1.99. The summed E-state index contributed by atoms with van der Waals surface area (Å²) in [6.07, 6.45) is 0. The van der Waals surface area contributed by atoms with Crippen molar-refractivity contribution in [3.63, 3.8) is 0 Å². The van der Waals surface area contributed by atoms with Gasteiger partial charge in [0.05, 0.1) is 6.54 Å². The van der Waals surface area contributed by atoms with Crippen LogP contribution in [0.3, 0.4) is 0 Å². The Morgan fingerprint density at radius 1 is 1.19 bits per heavy atom. The van der Waals surface area contributed by atoms with Gasteiger partial charge in [0.1, 0.15) is 12.4 Å². The fraction of sp³-hybridized carbons (Fsp3) is 0.500. The molecule has 0 radical (unpaired) electrons. The quantitative estimate of drug-likeness (QED) is 0.327. The van der Waals surface area contributed by atoms with E-state index in [9.17, 15) is 0 Å². The normalized spacial score (nSPS) is 11.3. The molecule has 0 aliphatic carbocycles. The fourth-order valence-corrected chi connectivity index (χ4v) is 1.80. The summed E-state index contributed by atoms with van der Waals surface area (Å²) in [6.45, 7) is 7.14. The van der Waals surface area contributed by atoms with Gasteiger partial charge in [0, 0.05) is 19.2 Å². The number of guanidine groups is 1. The van der Waals surface area contributed by atoms with Gasteiger partial charge in [-0.1, -0.05) is 0 Å². The molecule has 21 heavy (non-hydrogen) atoms. The molecule has 0 bridgehead atoms. The van der Waals surface area contributed by atoms with Gasteiger partial charge in [-0.25, -0.2) is 4.99 Å². The second-order valence-corrected chi connectivity index (χ2v) is 4.15. The Bertz CT molecular complexity index is 461. The van der Waals surface area contributed by atoms with Crippen LogP contribution in [0.5, 0.6) is 17.2 Å². The molecule has 1 heterocycles. The van der Waals surface area contributed by atoms with Gasteiger partial charge in [-0.15, -0.1) is 24.0 Å². The van der Waals surface area contributed by atoms with E-state index in [2.05, 4.69) is 15.6 Å². The van der Waals surface area contributed by atoms with Crippen molar-refractivity contribution in [3.8, 4) is 17.2 Å². The topological polar surface area (TPSA) is 64.1 Å². The number of nitrogens with zero attached hydrogens (tertiary/aromatic N) is 1. The highest BCUT2D eigenvalue weighted by Crippen LogP contribution is 2.34. The van der Waals surface area contributed by atoms with E-state index in [1.807, 2.05) is 32.0 Å². The Kier molecular flexibility index (Phi) is 8.03. The van der Waals surface area contributed by atoms with Crippen molar-refractivity contribution < 1.29 is 14.2 Å². The fourth-order valence-electron chi connectivity index (χ4n) is 1.80. The van der Waals surface area contributed by atoms with Crippen LogP contribution in [0.15, 0.2) is 23.2 Å². The minimum Gasteiger partial charge on any atom is -0.492 e. The number of ether oxygens (including phenoxy) is 3. The summed E-state index contributed by atoms with van der Waals surface area (Å²) >= 11 is 0. The van der Waals surface area contributed by atoms with Crippen LogP contribution in [0.2, 0.25) is 0 Å². The van der Waals surface area contributed by atoms with Crippen molar-refractivity contribution in [1.82, 2.24) is 10.6 Å². The molecule has 2 N–H and O–H groups in total. The molecular weight excluding hydrogens is 385 g/mol. The van der Waals surface area contributed by atoms with E-state index in [1.54, 1.807) is 0 Å². The molecule has 7 heteroatoms. The number of halogens is 1. The number of aliphatic imine (C=N–C) groups is 1. The standard InChI is InChI=1S/C14H21N3O3.HI/c1-3-15-14(16-4-2)17-7-8-18-11-5-6-12-13(9-11)20-10-19-12;/h5-6,9H,3-4,7-8,10H2,1-2H3,(H2,15,16,17);1H. The van der Waals surface area contributed by atoms with Crippen LogP contribution in [-0.2, 0) is 0 Å². The summed E-state index contributed by atoms with van der Waals surface area (Å²) in [6, 6.07) is 5.55. The zero-order chi connectivity index (χ0) is 14.2. The van der Waals surface area contributed by atoms with Crippen LogP contribution in [0.1, 0.15) is 13.8 Å². The maximum Gasteiger partial charge on any atom is 0.231 e. The molecule has 2 rings (SSSR count). The molecule has 0 aromatic heterocycles. The molecule has 0 saturated carbocycles. The van der Waals surface area contributed by atoms with Gasteiger partial charge in [-0.3, -0.25) is 0 Å². The minimum atomic E-state index is 0. The van der Waals surface area contributed by atoms with Gasteiger partial charge in [0.15, 0.2) is 17.5 Å². The summed E-state index contributed by atoms with van der Waals surface area (Å²) in [5.74, 6) is 3.06. The average molecular weight is 407 g/mol. The van der Waals surface area contributed by atoms with Crippen LogP contribution in [-0.4, -0.2) is 39.0 Å². The molecule has 1 aliphatic rings. The van der Waals surface area contributed by atoms with E-state index in [0.717, 1.165) is 36.3 Å². The minimum absolute atomic E-state index is 0. The maximum absolute atomic E-state index is 5.64. The van der Waals surface area contributed by atoms with Crippen LogP contribution in [0.25, 0.3) is 0 Å². The van der Waals surface area contributed by atoms with Crippen LogP contribution in [0, 0.1) is 0 Å². The zero-order valence-corrected chi connectivity index (χ0v) is 14.7. The highest BCUT2D eigenvalue weighted by Gasteiger charge is 2.13. The maximum atomic E-state index is 5.64. The highest BCUT2D eigenvalue weighted by atomic mass is 127. The Balaban J connectivity index is 0.00000220. The molecule has 0 spiro atoms. The number of fused-ring (bicyclic) bond motifs is 1. The molecule has 0 amide bonds. The molecule has 0 atom stereocenters. The molecule has 0 saturated heterocycles. The lowest BCUT2D eigenvalue weighted by atomic mass is 10.3. The van der Waals surface area contributed by atoms with Gasteiger partial charge in [0.25, 0.3) is 0 Å². The summed E-state index contributed by atoms with van der Waals surface area (Å²) < 4.78 is 16.2. The van der Waals surface area contributed by atoms with Crippen molar-refractivity contribution in [2.75, 3.05) is 33.0 Å². The molecule has 118 valence electrons. The molecule has 1 aromatic carbocycles. The lowest BCUT2D eigenvalue weighted by Gasteiger charge is -2.09. The zero-order valence-electron chi connectivity index (χ0n) is 12.3. The Labute approximate surface area is 142 Å². The van der Waals surface area contributed by atoms with Gasteiger partial charge in [0.2, 0.25) is 6.79 Å². The van der Waals surface area contributed by atoms with Crippen molar-refractivity contribution >= 4 is 29.9 Å². The summed E-state index contributed by atoms with van der Waals surface area (Å²) in [5, 5.41) is 6.33. The first-order chi connectivity index (χ1) is 9.83. The Morgan fingerprint density at radius 3 is 2.62 bits per heavy atom. The molecule has 1 aromatic rings.